The molecule has 60 valence electrons. The van der Waals surface area contributed by atoms with Crippen molar-refractivity contribution in [2.75, 3.05) is 26.2 Å². The Labute approximate surface area is 66.3 Å². The minimum Gasteiger partial charge on any atom is -0.368 e. The molecule has 1 aliphatic rings. The highest BCUT2D eigenvalue weighted by Crippen LogP contribution is 2.01. The van der Waals surface area contributed by atoms with Crippen molar-refractivity contribution in [3.8, 4) is 12.3 Å². The van der Waals surface area contributed by atoms with Crippen LogP contribution in [0.3, 0.4) is 0 Å². The van der Waals surface area contributed by atoms with E-state index in [2.05, 4.69) is 5.92 Å². The van der Waals surface area contributed by atoms with Crippen LogP contribution in [0.25, 0.3) is 0 Å². The van der Waals surface area contributed by atoms with Gasteiger partial charge in [-0.3, -0.25) is 4.90 Å². The SMILES string of the molecule is C#CCN1CCO[C@H](C=O)C1. The van der Waals surface area contributed by atoms with Crippen LogP contribution >= 0.6 is 0 Å². The lowest BCUT2D eigenvalue weighted by molar-refractivity contribution is -0.123. The maximum atomic E-state index is 10.3. The summed E-state index contributed by atoms with van der Waals surface area (Å²) in [4.78, 5) is 12.3. The van der Waals surface area contributed by atoms with Crippen LogP contribution in [0.2, 0.25) is 0 Å². The third-order valence-electron chi connectivity index (χ3n) is 1.64. The lowest BCUT2D eigenvalue weighted by atomic mass is 10.3. The highest BCUT2D eigenvalue weighted by molar-refractivity contribution is 5.56. The van der Waals surface area contributed by atoms with Crippen LogP contribution in [-0.2, 0) is 9.53 Å². The molecule has 0 unspecified atom stereocenters. The minimum atomic E-state index is -0.280. The number of aldehydes is 1. The lowest BCUT2D eigenvalue weighted by Gasteiger charge is -2.28. The summed E-state index contributed by atoms with van der Waals surface area (Å²) in [5.74, 6) is 2.54. The van der Waals surface area contributed by atoms with E-state index < -0.39 is 0 Å². The van der Waals surface area contributed by atoms with Crippen molar-refractivity contribution in [1.82, 2.24) is 4.90 Å². The molecule has 1 rings (SSSR count). The average Bonchev–Trinajstić information content (AvgIpc) is 2.06. The van der Waals surface area contributed by atoms with E-state index in [0.29, 0.717) is 19.7 Å². The molecule has 0 aromatic rings. The molecule has 1 fully saturated rings. The van der Waals surface area contributed by atoms with E-state index in [9.17, 15) is 4.79 Å². The van der Waals surface area contributed by atoms with Gasteiger partial charge in [0.15, 0.2) is 0 Å². The molecular formula is C8H11NO2. The third-order valence-corrected chi connectivity index (χ3v) is 1.64. The van der Waals surface area contributed by atoms with Crippen molar-refractivity contribution in [3.05, 3.63) is 0 Å². The van der Waals surface area contributed by atoms with E-state index in [0.717, 1.165) is 12.8 Å². The number of hydrogen-bond donors (Lipinski definition) is 0. The fraction of sp³-hybridized carbons (Fsp3) is 0.625. The normalized spacial score (nSPS) is 25.9. The van der Waals surface area contributed by atoms with E-state index in [1.165, 1.54) is 0 Å². The Balaban J connectivity index is 2.34. The molecule has 0 saturated carbocycles. The first kappa shape index (κ1) is 8.25. The van der Waals surface area contributed by atoms with Crippen molar-refractivity contribution >= 4 is 6.29 Å². The van der Waals surface area contributed by atoms with Gasteiger partial charge in [0.2, 0.25) is 0 Å². The molecule has 11 heavy (non-hydrogen) atoms. The molecule has 0 aromatic heterocycles. The number of terminal acetylenes is 1. The number of carbonyl (C=O) groups is 1. The second-order valence-corrected chi connectivity index (χ2v) is 2.48. The molecule has 0 spiro atoms. The number of rotatable bonds is 2. The molecule has 3 nitrogen and oxygen atoms in total. The molecule has 1 saturated heterocycles. The highest BCUT2D eigenvalue weighted by atomic mass is 16.5. The van der Waals surface area contributed by atoms with E-state index in [1.807, 2.05) is 4.90 Å². The summed E-state index contributed by atoms with van der Waals surface area (Å²) in [7, 11) is 0. The van der Waals surface area contributed by atoms with Gasteiger partial charge in [-0.15, -0.1) is 6.42 Å². The number of nitrogens with zero attached hydrogens (tertiary/aromatic N) is 1. The Hall–Kier alpha value is -0.850. The molecule has 0 N–H and O–H groups in total. The van der Waals surface area contributed by atoms with Gasteiger partial charge in [0.25, 0.3) is 0 Å². The first-order valence-electron chi connectivity index (χ1n) is 3.59. The first-order chi connectivity index (χ1) is 5.36. The molecular weight excluding hydrogens is 142 g/mol. The summed E-state index contributed by atoms with van der Waals surface area (Å²) in [6.07, 6.45) is 5.67. The van der Waals surface area contributed by atoms with E-state index in [4.69, 9.17) is 11.2 Å². The van der Waals surface area contributed by atoms with Crippen molar-refractivity contribution < 1.29 is 9.53 Å². The zero-order chi connectivity index (χ0) is 8.10. The van der Waals surface area contributed by atoms with Crippen LogP contribution in [0.5, 0.6) is 0 Å². The molecule has 0 aliphatic carbocycles. The van der Waals surface area contributed by atoms with Crippen molar-refractivity contribution in [3.63, 3.8) is 0 Å². The van der Waals surface area contributed by atoms with Gasteiger partial charge in [-0.25, -0.2) is 0 Å². The summed E-state index contributed by atoms with van der Waals surface area (Å²) in [6.45, 7) is 2.67. The van der Waals surface area contributed by atoms with E-state index in [1.54, 1.807) is 0 Å². The molecule has 1 heterocycles. The van der Waals surface area contributed by atoms with Crippen LogP contribution in [0, 0.1) is 12.3 Å². The molecule has 0 amide bonds. The van der Waals surface area contributed by atoms with Crippen molar-refractivity contribution in [2.24, 2.45) is 0 Å². The van der Waals surface area contributed by atoms with Crippen LogP contribution in [0.4, 0.5) is 0 Å². The Kier molecular flexibility index (Phi) is 3.09. The van der Waals surface area contributed by atoms with Crippen LogP contribution in [0.15, 0.2) is 0 Å². The monoisotopic (exact) mass is 153 g/mol. The summed E-state index contributed by atoms with van der Waals surface area (Å²) >= 11 is 0. The van der Waals surface area contributed by atoms with E-state index >= 15 is 0 Å². The summed E-state index contributed by atoms with van der Waals surface area (Å²) in [5.41, 5.74) is 0. The van der Waals surface area contributed by atoms with Crippen molar-refractivity contribution in [2.45, 2.75) is 6.10 Å². The number of hydrogen-bond acceptors (Lipinski definition) is 3. The fourth-order valence-corrected chi connectivity index (χ4v) is 1.09. The van der Waals surface area contributed by atoms with Gasteiger partial charge in [-0.2, -0.15) is 0 Å². The number of carbonyl (C=O) groups excluding carboxylic acids is 1. The van der Waals surface area contributed by atoms with Crippen LogP contribution in [0.1, 0.15) is 0 Å². The predicted molar refractivity (Wildman–Crippen MR) is 41.1 cm³/mol. The van der Waals surface area contributed by atoms with E-state index in [-0.39, 0.29) is 6.10 Å². The lowest BCUT2D eigenvalue weighted by Crippen LogP contribution is -2.43. The first-order valence-corrected chi connectivity index (χ1v) is 3.59. The van der Waals surface area contributed by atoms with Gasteiger partial charge in [-0.1, -0.05) is 5.92 Å². The minimum absolute atomic E-state index is 0.280. The van der Waals surface area contributed by atoms with Gasteiger partial charge in [-0.05, 0) is 0 Å². The fourth-order valence-electron chi connectivity index (χ4n) is 1.09. The predicted octanol–water partition coefficient (Wildman–Crippen LogP) is -0.481. The quantitative estimate of drug-likeness (QED) is 0.396. The zero-order valence-corrected chi connectivity index (χ0v) is 6.32. The van der Waals surface area contributed by atoms with Crippen LogP contribution in [-0.4, -0.2) is 43.5 Å². The Bertz CT molecular complexity index is 173. The summed E-state index contributed by atoms with van der Waals surface area (Å²) in [5, 5.41) is 0. The molecule has 1 aliphatic heterocycles. The van der Waals surface area contributed by atoms with Gasteiger partial charge >= 0.3 is 0 Å². The topological polar surface area (TPSA) is 29.5 Å². The summed E-state index contributed by atoms with van der Waals surface area (Å²) < 4.78 is 5.13. The van der Waals surface area contributed by atoms with Gasteiger partial charge in [0.05, 0.1) is 13.2 Å². The third kappa shape index (κ3) is 2.34. The van der Waals surface area contributed by atoms with Crippen molar-refractivity contribution in [1.29, 1.82) is 0 Å². The average molecular weight is 153 g/mol. The molecule has 0 bridgehead atoms. The Morgan fingerprint density at radius 2 is 2.64 bits per heavy atom. The molecule has 3 heteroatoms. The second kappa shape index (κ2) is 4.12. The van der Waals surface area contributed by atoms with Gasteiger partial charge in [0.1, 0.15) is 12.4 Å². The Morgan fingerprint density at radius 3 is 3.27 bits per heavy atom. The molecule has 1 atom stereocenters. The zero-order valence-electron chi connectivity index (χ0n) is 6.32. The summed E-state index contributed by atoms with van der Waals surface area (Å²) in [6, 6.07) is 0. The largest absolute Gasteiger partial charge is 0.368 e. The maximum Gasteiger partial charge on any atom is 0.150 e. The molecule has 0 radical (unpaired) electrons. The number of ether oxygens (including phenoxy) is 1. The standard InChI is InChI=1S/C8H11NO2/c1-2-3-9-4-5-11-8(6-9)7-10/h1,7-8H,3-6H2/t8-/m0/s1. The highest BCUT2D eigenvalue weighted by Gasteiger charge is 2.18. The second-order valence-electron chi connectivity index (χ2n) is 2.48. The van der Waals surface area contributed by atoms with Crippen LogP contribution < -0.4 is 0 Å². The smallest absolute Gasteiger partial charge is 0.150 e. The van der Waals surface area contributed by atoms with Gasteiger partial charge in [0, 0.05) is 13.1 Å². The maximum absolute atomic E-state index is 10.3. The Morgan fingerprint density at radius 1 is 1.82 bits per heavy atom. The number of morpholine rings is 1. The van der Waals surface area contributed by atoms with Gasteiger partial charge < -0.3 is 9.53 Å². The molecule has 0 aromatic carbocycles.